The highest BCUT2D eigenvalue weighted by Crippen LogP contribution is 2.19. The predicted molar refractivity (Wildman–Crippen MR) is 131 cm³/mol. The molecule has 0 atom stereocenters. The number of guanidine groups is 1. The molecule has 1 heterocycles. The summed E-state index contributed by atoms with van der Waals surface area (Å²) < 4.78 is 13.6. The zero-order valence-corrected chi connectivity index (χ0v) is 19.4. The molecular weight excluding hydrogens is 494 g/mol. The lowest BCUT2D eigenvalue weighted by Gasteiger charge is -2.31. The van der Waals surface area contributed by atoms with Crippen LogP contribution in [0.5, 0.6) is 0 Å². The van der Waals surface area contributed by atoms with Gasteiger partial charge < -0.3 is 15.5 Å². The Morgan fingerprint density at radius 3 is 2.33 bits per heavy atom. The second-order valence-corrected chi connectivity index (χ2v) is 6.91. The minimum absolute atomic E-state index is 0. The molecule has 3 rings (SSSR count). The summed E-state index contributed by atoms with van der Waals surface area (Å²) >= 11 is 0. The second kappa shape index (κ2) is 12.3. The first-order chi connectivity index (χ1) is 14.2. The Hall–Kier alpha value is -2.42. The minimum atomic E-state index is -0.513. The van der Waals surface area contributed by atoms with E-state index in [0.717, 1.165) is 31.9 Å². The average Bonchev–Trinajstić information content (AvgIpc) is 2.75. The average molecular weight is 522 g/mol. The van der Waals surface area contributed by atoms with Crippen LogP contribution in [-0.2, 0) is 0 Å². The van der Waals surface area contributed by atoms with Gasteiger partial charge in [0.2, 0.25) is 0 Å². The molecule has 0 aliphatic carbocycles. The fraction of sp³-hybridized carbons (Fsp3) is 0.304. The maximum absolute atomic E-state index is 13.6. The maximum Gasteiger partial charge on any atom is 0.254 e. The van der Waals surface area contributed by atoms with Crippen molar-refractivity contribution in [3.8, 4) is 0 Å². The second-order valence-electron chi connectivity index (χ2n) is 6.91. The van der Waals surface area contributed by atoms with E-state index in [1.165, 1.54) is 23.3 Å². The molecule has 2 N–H and O–H groups in total. The summed E-state index contributed by atoms with van der Waals surface area (Å²) in [5.74, 6) is -0.0982. The number of benzene rings is 2. The van der Waals surface area contributed by atoms with Crippen LogP contribution in [-0.4, -0.2) is 50.0 Å². The molecule has 1 aliphatic rings. The Morgan fingerprint density at radius 1 is 1.03 bits per heavy atom. The highest BCUT2D eigenvalue weighted by molar-refractivity contribution is 14.0. The molecule has 0 bridgehead atoms. The number of hydrogen-bond donors (Lipinski definition) is 2. The third kappa shape index (κ3) is 6.83. The minimum Gasteiger partial charge on any atom is -0.354 e. The van der Waals surface area contributed by atoms with E-state index in [-0.39, 0.29) is 29.5 Å². The predicted octanol–water partition coefficient (Wildman–Crippen LogP) is 3.93. The van der Waals surface area contributed by atoms with E-state index in [9.17, 15) is 9.18 Å². The van der Waals surface area contributed by atoms with E-state index in [1.807, 2.05) is 6.07 Å². The van der Waals surface area contributed by atoms with Crippen LogP contribution in [0.4, 0.5) is 4.39 Å². The zero-order chi connectivity index (χ0) is 20.5. The zero-order valence-electron chi connectivity index (χ0n) is 17.1. The number of likely N-dealkylation sites (tertiary alicyclic amines) is 1. The van der Waals surface area contributed by atoms with E-state index in [0.29, 0.717) is 13.1 Å². The highest BCUT2D eigenvalue weighted by Gasteiger charge is 2.17. The van der Waals surface area contributed by atoms with Crippen molar-refractivity contribution in [1.29, 1.82) is 0 Å². The normalized spacial score (nSPS) is 14.0. The monoisotopic (exact) mass is 522 g/mol. The van der Waals surface area contributed by atoms with Crippen molar-refractivity contribution in [2.24, 2.45) is 4.99 Å². The number of piperidine rings is 1. The van der Waals surface area contributed by atoms with Crippen LogP contribution >= 0.6 is 24.0 Å². The van der Waals surface area contributed by atoms with Gasteiger partial charge in [-0.1, -0.05) is 54.1 Å². The van der Waals surface area contributed by atoms with E-state index in [2.05, 4.69) is 50.9 Å². The lowest BCUT2D eigenvalue weighted by Crippen LogP contribution is -2.46. The molecule has 160 valence electrons. The van der Waals surface area contributed by atoms with Crippen LogP contribution in [0.25, 0.3) is 6.08 Å². The molecule has 0 saturated carbocycles. The number of nitrogens with one attached hydrogen (secondary N) is 2. The molecule has 1 saturated heterocycles. The van der Waals surface area contributed by atoms with E-state index in [1.54, 1.807) is 19.2 Å². The standard InChI is InChI=1S/C23H27FN4O.HI/c1-25-23(27-14-13-26-22(29)20-9-5-6-10-21(20)24)28-15-11-19(12-16-28)17-18-7-3-2-4-8-18;/h2-10,17H,11-16H2,1H3,(H,25,27)(H,26,29);1H. The number of aliphatic imine (C=N–C) groups is 1. The smallest absolute Gasteiger partial charge is 0.254 e. The molecule has 1 aliphatic heterocycles. The lowest BCUT2D eigenvalue weighted by molar-refractivity contribution is 0.0950. The van der Waals surface area contributed by atoms with Crippen molar-refractivity contribution >= 4 is 41.9 Å². The fourth-order valence-corrected chi connectivity index (χ4v) is 3.36. The third-order valence-electron chi connectivity index (χ3n) is 4.90. The van der Waals surface area contributed by atoms with Crippen molar-refractivity contribution in [3.05, 3.63) is 77.1 Å². The summed E-state index contributed by atoms with van der Waals surface area (Å²) in [5.41, 5.74) is 2.75. The molecule has 2 aromatic carbocycles. The number of halogens is 2. The SMILES string of the molecule is CN=C(NCCNC(=O)c1ccccc1F)N1CCC(=Cc2ccccc2)CC1.I. The fourth-order valence-electron chi connectivity index (χ4n) is 3.36. The van der Waals surface area contributed by atoms with E-state index < -0.39 is 11.7 Å². The van der Waals surface area contributed by atoms with Gasteiger partial charge in [-0.2, -0.15) is 0 Å². The summed E-state index contributed by atoms with van der Waals surface area (Å²) in [5, 5.41) is 6.01. The summed E-state index contributed by atoms with van der Waals surface area (Å²) in [6.45, 7) is 2.72. The summed E-state index contributed by atoms with van der Waals surface area (Å²) in [4.78, 5) is 18.6. The lowest BCUT2D eigenvalue weighted by atomic mass is 10.0. The Labute approximate surface area is 194 Å². The van der Waals surface area contributed by atoms with Crippen LogP contribution in [0.15, 0.2) is 65.2 Å². The van der Waals surface area contributed by atoms with Gasteiger partial charge >= 0.3 is 0 Å². The quantitative estimate of drug-likeness (QED) is 0.271. The number of carbonyl (C=O) groups is 1. The van der Waals surface area contributed by atoms with Gasteiger partial charge in [0.1, 0.15) is 5.82 Å². The van der Waals surface area contributed by atoms with Crippen molar-refractivity contribution in [1.82, 2.24) is 15.5 Å². The molecule has 0 unspecified atom stereocenters. The molecule has 30 heavy (non-hydrogen) atoms. The van der Waals surface area contributed by atoms with Gasteiger partial charge in [-0.25, -0.2) is 4.39 Å². The number of carbonyl (C=O) groups excluding carboxylic acids is 1. The van der Waals surface area contributed by atoms with Crippen LogP contribution in [0.3, 0.4) is 0 Å². The summed E-state index contributed by atoms with van der Waals surface area (Å²) in [7, 11) is 1.76. The number of rotatable bonds is 5. The van der Waals surface area contributed by atoms with Gasteiger partial charge in [0.05, 0.1) is 5.56 Å². The molecule has 0 radical (unpaired) electrons. The molecule has 0 aromatic heterocycles. The third-order valence-corrected chi connectivity index (χ3v) is 4.90. The van der Waals surface area contributed by atoms with E-state index in [4.69, 9.17) is 0 Å². The van der Waals surface area contributed by atoms with Gasteiger partial charge in [-0.15, -0.1) is 24.0 Å². The first-order valence-corrected chi connectivity index (χ1v) is 9.90. The molecule has 2 aromatic rings. The van der Waals surface area contributed by atoms with Crippen LogP contribution in [0.1, 0.15) is 28.8 Å². The van der Waals surface area contributed by atoms with Crippen molar-refractivity contribution in [2.45, 2.75) is 12.8 Å². The van der Waals surface area contributed by atoms with Crippen molar-refractivity contribution in [3.63, 3.8) is 0 Å². The van der Waals surface area contributed by atoms with Crippen molar-refractivity contribution in [2.75, 3.05) is 33.2 Å². The largest absolute Gasteiger partial charge is 0.354 e. The van der Waals surface area contributed by atoms with Gasteiger partial charge in [-0.05, 0) is 30.5 Å². The van der Waals surface area contributed by atoms with Crippen LogP contribution in [0, 0.1) is 5.82 Å². The molecule has 7 heteroatoms. The molecule has 5 nitrogen and oxygen atoms in total. The Morgan fingerprint density at radius 2 is 1.67 bits per heavy atom. The first kappa shape index (κ1) is 23.9. The van der Waals surface area contributed by atoms with Gasteiger partial charge in [0, 0.05) is 33.2 Å². The van der Waals surface area contributed by atoms with Crippen LogP contribution in [0.2, 0.25) is 0 Å². The van der Waals surface area contributed by atoms with Gasteiger partial charge in [-0.3, -0.25) is 9.79 Å². The topological polar surface area (TPSA) is 56.7 Å². The van der Waals surface area contributed by atoms with Gasteiger partial charge in [0.25, 0.3) is 5.91 Å². The molecule has 1 fully saturated rings. The number of hydrogen-bond acceptors (Lipinski definition) is 2. The van der Waals surface area contributed by atoms with E-state index >= 15 is 0 Å². The summed E-state index contributed by atoms with van der Waals surface area (Å²) in [6, 6.07) is 16.4. The Balaban J connectivity index is 0.00000320. The Bertz CT molecular complexity index is 876. The summed E-state index contributed by atoms with van der Waals surface area (Å²) in [6.07, 6.45) is 4.27. The van der Waals surface area contributed by atoms with Crippen molar-refractivity contribution < 1.29 is 9.18 Å². The van der Waals surface area contributed by atoms with Gasteiger partial charge in [0.15, 0.2) is 5.96 Å². The first-order valence-electron chi connectivity index (χ1n) is 9.90. The van der Waals surface area contributed by atoms with Crippen LogP contribution < -0.4 is 10.6 Å². The Kier molecular flexibility index (Phi) is 9.79. The molecule has 1 amide bonds. The number of amides is 1. The highest BCUT2D eigenvalue weighted by atomic mass is 127. The maximum atomic E-state index is 13.6. The number of nitrogens with zero attached hydrogens (tertiary/aromatic N) is 2. The molecular formula is C23H28FIN4O. The molecule has 0 spiro atoms.